The van der Waals surface area contributed by atoms with Crippen LogP contribution in [-0.2, 0) is 4.74 Å². The normalized spacial score (nSPS) is 14.8. The van der Waals surface area contributed by atoms with E-state index in [9.17, 15) is 4.79 Å². The molecule has 0 aliphatic carbocycles. The molecule has 0 unspecified atom stereocenters. The predicted octanol–water partition coefficient (Wildman–Crippen LogP) is 1.90. The van der Waals surface area contributed by atoms with Gasteiger partial charge in [-0.25, -0.2) is 0 Å². The van der Waals surface area contributed by atoms with Gasteiger partial charge in [-0.05, 0) is 37.6 Å². The Hall–Kier alpha value is -2.51. The molecule has 1 aromatic heterocycles. The van der Waals surface area contributed by atoms with Gasteiger partial charge in [0, 0.05) is 31.9 Å². The molecule has 1 saturated heterocycles. The van der Waals surface area contributed by atoms with Crippen LogP contribution in [0, 0.1) is 13.8 Å². The van der Waals surface area contributed by atoms with Crippen molar-refractivity contribution in [2.24, 2.45) is 0 Å². The van der Waals surface area contributed by atoms with E-state index < -0.39 is 0 Å². The van der Waals surface area contributed by atoms with Crippen molar-refractivity contribution in [1.82, 2.24) is 20.4 Å². The number of rotatable bonds is 6. The van der Waals surface area contributed by atoms with E-state index in [2.05, 4.69) is 38.7 Å². The van der Waals surface area contributed by atoms with Gasteiger partial charge in [0.15, 0.2) is 11.5 Å². The lowest BCUT2D eigenvalue weighted by Gasteiger charge is -2.26. The minimum Gasteiger partial charge on any atom is -0.379 e. The molecule has 0 saturated carbocycles. The molecule has 1 aliphatic heterocycles. The minimum atomic E-state index is -0.205. The van der Waals surface area contributed by atoms with Crippen molar-refractivity contribution in [2.75, 3.05) is 44.7 Å². The Labute approximate surface area is 153 Å². The van der Waals surface area contributed by atoms with Crippen molar-refractivity contribution < 1.29 is 9.53 Å². The minimum absolute atomic E-state index is 0.205. The van der Waals surface area contributed by atoms with E-state index in [-0.39, 0.29) is 5.91 Å². The van der Waals surface area contributed by atoms with Crippen LogP contribution in [0.15, 0.2) is 30.3 Å². The summed E-state index contributed by atoms with van der Waals surface area (Å²) in [6.07, 6.45) is 0. The molecule has 1 aromatic carbocycles. The fourth-order valence-electron chi connectivity index (χ4n) is 2.85. The molecule has 138 valence electrons. The van der Waals surface area contributed by atoms with Gasteiger partial charge in [0.05, 0.1) is 13.2 Å². The number of nitrogens with zero attached hydrogens (tertiary/aromatic N) is 3. The van der Waals surface area contributed by atoms with Gasteiger partial charge in [-0.2, -0.15) is 0 Å². The third kappa shape index (κ3) is 5.00. The number of amides is 1. The first-order valence-electron chi connectivity index (χ1n) is 8.88. The Morgan fingerprint density at radius 1 is 1.15 bits per heavy atom. The highest BCUT2D eigenvalue weighted by Gasteiger charge is 2.12. The van der Waals surface area contributed by atoms with Gasteiger partial charge in [0.2, 0.25) is 0 Å². The molecule has 26 heavy (non-hydrogen) atoms. The van der Waals surface area contributed by atoms with Crippen LogP contribution in [0.3, 0.4) is 0 Å². The van der Waals surface area contributed by atoms with Crippen molar-refractivity contribution in [1.29, 1.82) is 0 Å². The maximum atomic E-state index is 12.2. The van der Waals surface area contributed by atoms with Crippen LogP contribution in [0.5, 0.6) is 0 Å². The molecular weight excluding hydrogens is 330 g/mol. The lowest BCUT2D eigenvalue weighted by molar-refractivity contribution is 0.0383. The van der Waals surface area contributed by atoms with Crippen LogP contribution in [0.4, 0.5) is 11.5 Å². The van der Waals surface area contributed by atoms with Crippen LogP contribution >= 0.6 is 0 Å². The number of ether oxygens (including phenoxy) is 1. The summed E-state index contributed by atoms with van der Waals surface area (Å²) in [5.41, 5.74) is 3.64. The van der Waals surface area contributed by atoms with Crippen LogP contribution in [0.1, 0.15) is 21.6 Å². The fraction of sp³-hybridized carbons (Fsp3) is 0.421. The van der Waals surface area contributed by atoms with Crippen molar-refractivity contribution in [2.45, 2.75) is 13.8 Å². The number of hydrogen-bond donors (Lipinski definition) is 2. The summed E-state index contributed by atoms with van der Waals surface area (Å²) in [7, 11) is 0. The second-order valence-corrected chi connectivity index (χ2v) is 6.46. The first-order valence-corrected chi connectivity index (χ1v) is 8.88. The summed E-state index contributed by atoms with van der Waals surface area (Å²) >= 11 is 0. The molecular formula is C19H25N5O2. The number of benzene rings is 1. The standard InChI is InChI=1S/C19H25N5O2/c1-14-3-4-16(15(2)13-14)21-18-6-5-17(22-23-18)19(25)20-7-8-24-9-11-26-12-10-24/h3-6,13H,7-12H2,1-2H3,(H,20,25)(H,21,23). The Kier molecular flexibility index (Phi) is 6.14. The molecule has 0 radical (unpaired) electrons. The maximum absolute atomic E-state index is 12.2. The molecule has 0 bridgehead atoms. The van der Waals surface area contributed by atoms with E-state index in [0.717, 1.165) is 44.1 Å². The highest BCUT2D eigenvalue weighted by atomic mass is 16.5. The Balaban J connectivity index is 1.50. The molecule has 2 heterocycles. The molecule has 0 spiro atoms. The number of carbonyl (C=O) groups is 1. The Morgan fingerprint density at radius 3 is 2.65 bits per heavy atom. The van der Waals surface area contributed by atoms with Gasteiger partial charge in [-0.3, -0.25) is 9.69 Å². The molecule has 2 aromatic rings. The van der Waals surface area contributed by atoms with Gasteiger partial charge >= 0.3 is 0 Å². The number of anilines is 2. The van der Waals surface area contributed by atoms with Gasteiger partial charge in [-0.1, -0.05) is 17.7 Å². The molecule has 1 fully saturated rings. The number of hydrogen-bond acceptors (Lipinski definition) is 6. The highest BCUT2D eigenvalue weighted by molar-refractivity contribution is 5.92. The Morgan fingerprint density at radius 2 is 1.96 bits per heavy atom. The molecule has 1 amide bonds. The summed E-state index contributed by atoms with van der Waals surface area (Å²) in [6, 6.07) is 9.61. The lowest BCUT2D eigenvalue weighted by Crippen LogP contribution is -2.41. The van der Waals surface area contributed by atoms with Crippen molar-refractivity contribution in [3.8, 4) is 0 Å². The first-order chi connectivity index (χ1) is 12.6. The third-order valence-electron chi connectivity index (χ3n) is 4.36. The smallest absolute Gasteiger partial charge is 0.271 e. The van der Waals surface area contributed by atoms with Crippen LogP contribution in [0.25, 0.3) is 0 Å². The molecule has 7 nitrogen and oxygen atoms in total. The van der Waals surface area contributed by atoms with E-state index >= 15 is 0 Å². The van der Waals surface area contributed by atoms with Crippen LogP contribution < -0.4 is 10.6 Å². The predicted molar refractivity (Wildman–Crippen MR) is 101 cm³/mol. The lowest BCUT2D eigenvalue weighted by atomic mass is 10.1. The second kappa shape index (κ2) is 8.73. The zero-order chi connectivity index (χ0) is 18.4. The van der Waals surface area contributed by atoms with E-state index in [0.29, 0.717) is 18.1 Å². The largest absolute Gasteiger partial charge is 0.379 e. The maximum Gasteiger partial charge on any atom is 0.271 e. The average molecular weight is 355 g/mol. The fourth-order valence-corrected chi connectivity index (χ4v) is 2.85. The number of carbonyl (C=O) groups excluding carboxylic acids is 1. The van der Waals surface area contributed by atoms with Crippen molar-refractivity contribution in [3.05, 3.63) is 47.2 Å². The second-order valence-electron chi connectivity index (χ2n) is 6.46. The summed E-state index contributed by atoms with van der Waals surface area (Å²) in [5, 5.41) is 14.3. The van der Waals surface area contributed by atoms with Gasteiger partial charge in [-0.15, -0.1) is 10.2 Å². The average Bonchev–Trinajstić information content (AvgIpc) is 2.65. The van der Waals surface area contributed by atoms with Crippen LogP contribution in [-0.4, -0.2) is 60.4 Å². The Bertz CT molecular complexity index is 742. The summed E-state index contributed by atoms with van der Waals surface area (Å²) in [6.45, 7) is 8.84. The summed E-state index contributed by atoms with van der Waals surface area (Å²) in [4.78, 5) is 14.4. The monoisotopic (exact) mass is 355 g/mol. The van der Waals surface area contributed by atoms with Gasteiger partial charge in [0.25, 0.3) is 5.91 Å². The molecule has 2 N–H and O–H groups in total. The topological polar surface area (TPSA) is 79.4 Å². The van der Waals surface area contributed by atoms with Crippen molar-refractivity contribution >= 4 is 17.4 Å². The highest BCUT2D eigenvalue weighted by Crippen LogP contribution is 2.19. The zero-order valence-electron chi connectivity index (χ0n) is 15.3. The number of morpholine rings is 1. The molecule has 1 aliphatic rings. The zero-order valence-corrected chi connectivity index (χ0v) is 15.3. The van der Waals surface area contributed by atoms with E-state index in [1.807, 2.05) is 19.1 Å². The number of aromatic nitrogens is 2. The van der Waals surface area contributed by atoms with Gasteiger partial charge in [0.1, 0.15) is 0 Å². The molecule has 3 rings (SSSR count). The number of aryl methyl sites for hydroxylation is 2. The molecule has 0 atom stereocenters. The van der Waals surface area contributed by atoms with Crippen LogP contribution in [0.2, 0.25) is 0 Å². The molecule has 7 heteroatoms. The quantitative estimate of drug-likeness (QED) is 0.824. The number of nitrogens with one attached hydrogen (secondary N) is 2. The van der Waals surface area contributed by atoms with Gasteiger partial charge < -0.3 is 15.4 Å². The SMILES string of the molecule is Cc1ccc(Nc2ccc(C(=O)NCCN3CCOCC3)nn2)c(C)c1. The summed E-state index contributed by atoms with van der Waals surface area (Å²) < 4.78 is 5.31. The third-order valence-corrected chi connectivity index (χ3v) is 4.36. The first kappa shape index (κ1) is 18.3. The van der Waals surface area contributed by atoms with E-state index in [4.69, 9.17) is 4.74 Å². The van der Waals surface area contributed by atoms with E-state index in [1.54, 1.807) is 12.1 Å². The van der Waals surface area contributed by atoms with Crippen molar-refractivity contribution in [3.63, 3.8) is 0 Å². The summed E-state index contributed by atoms with van der Waals surface area (Å²) in [5.74, 6) is 0.408. The van der Waals surface area contributed by atoms with E-state index in [1.165, 1.54) is 5.56 Å².